The number of carbonyl (C=O) groups excluding carboxylic acids is 2. The van der Waals surface area contributed by atoms with Gasteiger partial charge in [-0.25, -0.2) is 9.69 Å². The molecule has 0 spiro atoms. The van der Waals surface area contributed by atoms with Gasteiger partial charge < -0.3 is 19.4 Å². The van der Waals surface area contributed by atoms with Crippen LogP contribution in [0.15, 0.2) is 53.8 Å². The monoisotopic (exact) mass is 441 g/mol. The van der Waals surface area contributed by atoms with E-state index in [1.807, 2.05) is 30.3 Å². The molecule has 1 aromatic carbocycles. The number of benzene rings is 1. The molecule has 0 aromatic heterocycles. The van der Waals surface area contributed by atoms with Crippen molar-refractivity contribution in [3.05, 3.63) is 59.4 Å². The van der Waals surface area contributed by atoms with Crippen molar-refractivity contribution in [3.8, 4) is 0 Å². The first-order chi connectivity index (χ1) is 15.7. The second kappa shape index (κ2) is 12.6. The Morgan fingerprint density at radius 2 is 2.00 bits per heavy atom. The van der Waals surface area contributed by atoms with Crippen molar-refractivity contribution in [1.82, 2.24) is 4.90 Å². The van der Waals surface area contributed by atoms with Crippen LogP contribution in [0.4, 0.5) is 0 Å². The summed E-state index contributed by atoms with van der Waals surface area (Å²) in [5.41, 5.74) is 1.91. The number of aliphatic hydroxyl groups excluding tert-OH is 1. The minimum absolute atomic E-state index is 0.176. The van der Waals surface area contributed by atoms with Crippen LogP contribution in [-0.4, -0.2) is 40.8 Å². The summed E-state index contributed by atoms with van der Waals surface area (Å²) in [6.45, 7) is 2.36. The molecule has 6 nitrogen and oxygen atoms in total. The van der Waals surface area contributed by atoms with E-state index in [-0.39, 0.29) is 12.8 Å². The number of hydrogen-bond donors (Lipinski definition) is 1. The number of carbonyl (C=O) groups is 2. The van der Waals surface area contributed by atoms with Gasteiger partial charge in [0.15, 0.2) is 12.3 Å². The van der Waals surface area contributed by atoms with E-state index in [1.165, 1.54) is 12.8 Å². The number of allylic oxidation sites excluding steroid dienone is 3. The number of fused-ring (bicyclic) bond motifs is 1. The van der Waals surface area contributed by atoms with Gasteiger partial charge >= 0.3 is 5.97 Å². The Labute approximate surface area is 190 Å². The van der Waals surface area contributed by atoms with Crippen LogP contribution in [0.25, 0.3) is 0 Å². The molecule has 1 aromatic rings. The zero-order chi connectivity index (χ0) is 22.8. The number of esters is 1. The number of unbranched alkanes of at least 4 members (excludes halogenated alkanes) is 4. The normalized spacial score (nSPS) is 24.0. The lowest BCUT2D eigenvalue weighted by Gasteiger charge is -2.39. The highest BCUT2D eigenvalue weighted by molar-refractivity contribution is 5.80. The largest absolute Gasteiger partial charge is 0.477 e. The van der Waals surface area contributed by atoms with E-state index in [9.17, 15) is 14.7 Å². The number of nitrogens with zero attached hydrogens (tertiary/aromatic N) is 1. The van der Waals surface area contributed by atoms with Gasteiger partial charge in [0.05, 0.1) is 0 Å². The third-order valence-electron chi connectivity index (χ3n) is 6.00. The molecule has 2 heterocycles. The maximum atomic E-state index is 13.1. The fourth-order valence-electron chi connectivity index (χ4n) is 4.16. The van der Waals surface area contributed by atoms with Crippen LogP contribution >= 0.6 is 0 Å². The average molecular weight is 442 g/mol. The first kappa shape index (κ1) is 24.2. The van der Waals surface area contributed by atoms with Crippen LogP contribution in [0.5, 0.6) is 0 Å². The summed E-state index contributed by atoms with van der Waals surface area (Å²) in [7, 11) is 0. The lowest BCUT2D eigenvalue weighted by atomic mass is 9.99. The second-order valence-electron chi connectivity index (χ2n) is 8.43. The Bertz CT molecular complexity index is 804. The smallest absolute Gasteiger partial charge is 0.331 e. The van der Waals surface area contributed by atoms with Gasteiger partial charge in [-0.2, -0.15) is 0 Å². The van der Waals surface area contributed by atoms with Gasteiger partial charge in [-0.3, -0.25) is 0 Å². The molecule has 0 aliphatic carbocycles. The summed E-state index contributed by atoms with van der Waals surface area (Å²) < 4.78 is 11.7. The van der Waals surface area contributed by atoms with Gasteiger partial charge in [0.2, 0.25) is 0 Å². The molecule has 0 bridgehead atoms. The number of rotatable bonds is 13. The van der Waals surface area contributed by atoms with Crippen molar-refractivity contribution >= 4 is 12.3 Å². The molecular weight excluding hydrogens is 406 g/mol. The highest BCUT2D eigenvalue weighted by Gasteiger charge is 2.55. The van der Waals surface area contributed by atoms with Gasteiger partial charge in [0.1, 0.15) is 24.9 Å². The van der Waals surface area contributed by atoms with Gasteiger partial charge in [0.25, 0.3) is 0 Å². The third-order valence-corrected chi connectivity index (χ3v) is 6.00. The molecule has 0 amide bonds. The molecular formula is C26H35NO5. The van der Waals surface area contributed by atoms with Crippen LogP contribution in [0.1, 0.15) is 70.3 Å². The first-order valence-corrected chi connectivity index (χ1v) is 11.8. The van der Waals surface area contributed by atoms with Crippen molar-refractivity contribution in [3.63, 3.8) is 0 Å². The average Bonchev–Trinajstić information content (AvgIpc) is 3.12. The molecule has 3 unspecified atom stereocenters. The zero-order valence-electron chi connectivity index (χ0n) is 18.9. The molecule has 2 aliphatic heterocycles. The molecule has 1 N–H and O–H groups in total. The lowest BCUT2D eigenvalue weighted by Crippen LogP contribution is -2.58. The quantitative estimate of drug-likeness (QED) is 0.208. The maximum Gasteiger partial charge on any atom is 0.331 e. The van der Waals surface area contributed by atoms with E-state index < -0.39 is 18.2 Å². The van der Waals surface area contributed by atoms with Crippen LogP contribution in [0.2, 0.25) is 0 Å². The molecule has 2 saturated heterocycles. The third kappa shape index (κ3) is 6.30. The Kier molecular flexibility index (Phi) is 9.50. The Balaban J connectivity index is 1.75. The van der Waals surface area contributed by atoms with Crippen molar-refractivity contribution in [2.45, 2.75) is 89.8 Å². The van der Waals surface area contributed by atoms with E-state index >= 15 is 0 Å². The van der Waals surface area contributed by atoms with E-state index in [0.29, 0.717) is 37.9 Å². The van der Waals surface area contributed by atoms with Crippen molar-refractivity contribution in [2.24, 2.45) is 0 Å². The molecule has 2 fully saturated rings. The van der Waals surface area contributed by atoms with E-state index in [1.54, 1.807) is 4.90 Å². The summed E-state index contributed by atoms with van der Waals surface area (Å²) >= 11 is 0. The van der Waals surface area contributed by atoms with Crippen molar-refractivity contribution in [1.29, 1.82) is 0 Å². The standard InChI is InChI=1S/C26H35NO5/c1-2-3-4-5-6-10-15-21(16-11-12-17-28)25-24(27-22(29)18-23(27)32-25)26(30)31-19-20-13-8-7-9-14-20/h6-10,13-14,17,22-24,29H,2-5,11-12,15-16,18-19H2,1H3. The summed E-state index contributed by atoms with van der Waals surface area (Å²) in [5, 5.41) is 10.3. The minimum atomic E-state index is -0.743. The SMILES string of the molecule is CCCCCC=CCC(CCCC=O)=C1OC2CC(O)N2C1C(=O)OCc1ccccc1. The molecule has 2 aliphatic rings. The molecule has 0 radical (unpaired) electrons. The minimum Gasteiger partial charge on any atom is -0.477 e. The highest BCUT2D eigenvalue weighted by atomic mass is 16.6. The maximum absolute atomic E-state index is 13.1. The molecule has 3 rings (SSSR count). The van der Waals surface area contributed by atoms with Gasteiger partial charge in [-0.1, -0.05) is 62.2 Å². The van der Waals surface area contributed by atoms with E-state index in [4.69, 9.17) is 9.47 Å². The molecule has 174 valence electrons. The Morgan fingerprint density at radius 1 is 1.19 bits per heavy atom. The lowest BCUT2D eigenvalue weighted by molar-refractivity contribution is -0.187. The van der Waals surface area contributed by atoms with Gasteiger partial charge in [-0.05, 0) is 43.2 Å². The highest BCUT2D eigenvalue weighted by Crippen LogP contribution is 2.42. The van der Waals surface area contributed by atoms with Gasteiger partial charge in [0, 0.05) is 12.8 Å². The predicted molar refractivity (Wildman–Crippen MR) is 122 cm³/mol. The van der Waals surface area contributed by atoms with Gasteiger partial charge in [-0.15, -0.1) is 0 Å². The molecule has 0 saturated carbocycles. The summed E-state index contributed by atoms with van der Waals surface area (Å²) in [5.74, 6) is 0.179. The fraction of sp³-hybridized carbons (Fsp3) is 0.538. The topological polar surface area (TPSA) is 76.1 Å². The number of aliphatic hydroxyl groups is 1. The van der Waals surface area contributed by atoms with E-state index in [2.05, 4.69) is 19.1 Å². The first-order valence-electron chi connectivity index (χ1n) is 11.8. The van der Waals surface area contributed by atoms with Crippen LogP contribution in [0, 0.1) is 0 Å². The molecule has 6 heteroatoms. The Hall–Kier alpha value is -2.44. The second-order valence-corrected chi connectivity index (χ2v) is 8.43. The zero-order valence-corrected chi connectivity index (χ0v) is 18.9. The van der Waals surface area contributed by atoms with Crippen molar-refractivity contribution < 1.29 is 24.2 Å². The van der Waals surface area contributed by atoms with E-state index in [0.717, 1.165) is 30.3 Å². The summed E-state index contributed by atoms with van der Waals surface area (Å²) in [4.78, 5) is 25.6. The summed E-state index contributed by atoms with van der Waals surface area (Å²) in [6.07, 6.45) is 11.8. The fourth-order valence-corrected chi connectivity index (χ4v) is 4.16. The number of hydrogen-bond acceptors (Lipinski definition) is 6. The number of aldehydes is 1. The van der Waals surface area contributed by atoms with Crippen LogP contribution in [-0.2, 0) is 25.7 Å². The predicted octanol–water partition coefficient (Wildman–Crippen LogP) is 4.63. The molecule has 3 atom stereocenters. The number of ether oxygens (including phenoxy) is 2. The van der Waals surface area contributed by atoms with Crippen LogP contribution in [0.3, 0.4) is 0 Å². The summed E-state index contributed by atoms with van der Waals surface area (Å²) in [6, 6.07) is 8.79. The van der Waals surface area contributed by atoms with Crippen LogP contribution < -0.4 is 0 Å². The van der Waals surface area contributed by atoms with Crippen molar-refractivity contribution in [2.75, 3.05) is 0 Å². The Morgan fingerprint density at radius 3 is 2.72 bits per heavy atom. The molecule has 32 heavy (non-hydrogen) atoms.